The van der Waals surface area contributed by atoms with Gasteiger partial charge in [0.25, 0.3) is 0 Å². The summed E-state index contributed by atoms with van der Waals surface area (Å²) in [7, 11) is 0. The molecule has 0 aromatic rings. The van der Waals surface area contributed by atoms with Crippen LogP contribution in [0.4, 0.5) is 0 Å². The molecule has 0 aromatic carbocycles. The summed E-state index contributed by atoms with van der Waals surface area (Å²) in [5.41, 5.74) is -0.238. The minimum Gasteiger partial charge on any atom is -0.463 e. The quantitative estimate of drug-likeness (QED) is 0.306. The summed E-state index contributed by atoms with van der Waals surface area (Å²) in [5, 5.41) is 36.7. The zero-order valence-corrected chi connectivity index (χ0v) is 22.4. The van der Waals surface area contributed by atoms with Gasteiger partial charge in [-0.3, -0.25) is 14.8 Å². The van der Waals surface area contributed by atoms with Gasteiger partial charge in [-0.15, -0.1) is 0 Å². The number of ether oxygens (including phenoxy) is 3. The van der Waals surface area contributed by atoms with Crippen molar-refractivity contribution in [2.75, 3.05) is 26.3 Å². The minimum absolute atomic E-state index is 0.0320. The van der Waals surface area contributed by atoms with E-state index in [0.29, 0.717) is 36.2 Å². The molecule has 0 bridgehead atoms. The molecule has 11 nitrogen and oxygen atoms in total. The maximum atomic E-state index is 10.9. The third kappa shape index (κ3) is 6.82. The Balaban J connectivity index is 0.000000198. The molecule has 0 aromatic heterocycles. The molecule has 0 aliphatic carbocycles. The number of aliphatic hydroxyl groups excluding tert-OH is 3. The standard InChI is InChI=1S/C13H22N2O3S.C9H16N2O4S/c1-5-14-13-15-11-8(3)7(2)10(6-17-9(4)16)18-12(11)19-13;1-2-10-9-11-5-7(14)6(13)4(3-12)15-8(5)16-9/h7-8,10-12H,5-6H2,1-4H3,(H,14,15);4-8,12-14H,2-3H2,1H3,(H,10,11)/t7-,8-,10+,11?,12?;4-,5?,6-,7-,8?/m01/s1. The van der Waals surface area contributed by atoms with E-state index < -0.39 is 18.3 Å². The van der Waals surface area contributed by atoms with Crippen molar-refractivity contribution >= 4 is 39.8 Å². The predicted molar refractivity (Wildman–Crippen MR) is 136 cm³/mol. The van der Waals surface area contributed by atoms with Gasteiger partial charge in [0.1, 0.15) is 35.8 Å². The molecule has 0 amide bonds. The van der Waals surface area contributed by atoms with Crippen LogP contribution in [0.25, 0.3) is 0 Å². The Morgan fingerprint density at radius 2 is 1.49 bits per heavy atom. The van der Waals surface area contributed by atoms with Crippen LogP contribution in [0, 0.1) is 11.8 Å². The topological polar surface area (TPSA) is 154 Å². The lowest BCUT2D eigenvalue weighted by Crippen LogP contribution is -2.59. The summed E-state index contributed by atoms with van der Waals surface area (Å²) in [4.78, 5) is 19.5. The van der Waals surface area contributed by atoms with Crippen molar-refractivity contribution < 1.29 is 34.3 Å². The van der Waals surface area contributed by atoms with Crippen LogP contribution >= 0.6 is 23.5 Å². The Hall–Kier alpha value is -1.09. The van der Waals surface area contributed by atoms with Gasteiger partial charge in [0.05, 0.1) is 24.8 Å². The average Bonchev–Trinajstić information content (AvgIpc) is 3.42. The maximum Gasteiger partial charge on any atom is 0.302 e. The van der Waals surface area contributed by atoms with Crippen LogP contribution in [0.1, 0.15) is 34.6 Å². The number of nitrogens with one attached hydrogen (secondary N) is 2. The Morgan fingerprint density at radius 1 is 0.943 bits per heavy atom. The number of carbonyl (C=O) groups is 1. The predicted octanol–water partition coefficient (Wildman–Crippen LogP) is 0.134. The summed E-state index contributed by atoms with van der Waals surface area (Å²) in [5.74, 6) is 0.544. The van der Waals surface area contributed by atoms with Gasteiger partial charge < -0.3 is 40.2 Å². The average molecular weight is 535 g/mol. The summed E-state index contributed by atoms with van der Waals surface area (Å²) in [6.45, 7) is 11.2. The Morgan fingerprint density at radius 3 is 2.03 bits per heavy atom. The molecule has 0 spiro atoms. The molecular weight excluding hydrogens is 496 g/mol. The summed E-state index contributed by atoms with van der Waals surface area (Å²) >= 11 is 3.02. The molecule has 4 saturated heterocycles. The van der Waals surface area contributed by atoms with E-state index in [9.17, 15) is 15.0 Å². The van der Waals surface area contributed by atoms with Crippen molar-refractivity contribution in [3.8, 4) is 0 Å². The molecule has 4 unspecified atom stereocenters. The van der Waals surface area contributed by atoms with Gasteiger partial charge in [0.15, 0.2) is 10.3 Å². The van der Waals surface area contributed by atoms with E-state index in [-0.39, 0.29) is 35.6 Å². The number of nitrogens with zero attached hydrogens (tertiary/aromatic N) is 2. The normalized spacial score (nSPS) is 42.4. The van der Waals surface area contributed by atoms with Crippen LogP contribution in [0.5, 0.6) is 0 Å². The lowest BCUT2D eigenvalue weighted by molar-refractivity contribution is -0.167. The number of fused-ring (bicyclic) bond motifs is 2. The van der Waals surface area contributed by atoms with Crippen LogP contribution in [-0.2, 0) is 19.0 Å². The summed E-state index contributed by atoms with van der Waals surface area (Å²) in [6.07, 6.45) is -2.78. The molecule has 35 heavy (non-hydrogen) atoms. The van der Waals surface area contributed by atoms with E-state index in [1.165, 1.54) is 18.7 Å². The first-order chi connectivity index (χ1) is 16.7. The molecule has 200 valence electrons. The minimum atomic E-state index is -1.07. The van der Waals surface area contributed by atoms with E-state index in [1.807, 2.05) is 13.8 Å². The van der Waals surface area contributed by atoms with Crippen molar-refractivity contribution in [2.24, 2.45) is 21.8 Å². The van der Waals surface area contributed by atoms with Crippen molar-refractivity contribution in [3.05, 3.63) is 0 Å². The molecule has 4 aliphatic heterocycles. The molecule has 4 heterocycles. The van der Waals surface area contributed by atoms with Gasteiger partial charge in [-0.05, 0) is 25.7 Å². The summed E-state index contributed by atoms with van der Waals surface area (Å²) in [6, 6.07) is -0.0769. The number of esters is 1. The number of hydrogen-bond acceptors (Lipinski definition) is 11. The highest BCUT2D eigenvalue weighted by molar-refractivity contribution is 8.14. The van der Waals surface area contributed by atoms with Crippen LogP contribution in [0.2, 0.25) is 0 Å². The number of thioether (sulfide) groups is 2. The zero-order valence-electron chi connectivity index (χ0n) is 20.8. The van der Waals surface area contributed by atoms with Gasteiger partial charge in [-0.25, -0.2) is 0 Å². The Bertz CT molecular complexity index is 789. The first kappa shape index (κ1) is 28.5. The molecule has 10 atom stereocenters. The van der Waals surface area contributed by atoms with Gasteiger partial charge in [-0.1, -0.05) is 37.4 Å². The number of carbonyl (C=O) groups excluding carboxylic acids is 1. The number of hydrogen-bond donors (Lipinski definition) is 5. The fraction of sp³-hybridized carbons (Fsp3) is 0.864. The van der Waals surface area contributed by atoms with Crippen molar-refractivity contribution in [1.82, 2.24) is 10.6 Å². The SMILES string of the molecule is CCN=C1NC2C(O[C@H](CO)[C@@H](O)[C@@H]2O)S1.CCN=C1NC2C(O[C@H](COC(C)=O)[C@@H](C)[C@@H]2C)S1. The fourth-order valence-electron chi connectivity index (χ4n) is 4.35. The largest absolute Gasteiger partial charge is 0.463 e. The van der Waals surface area contributed by atoms with Crippen molar-refractivity contribution in [1.29, 1.82) is 0 Å². The Labute approximate surface area is 214 Å². The van der Waals surface area contributed by atoms with Gasteiger partial charge in [0, 0.05) is 20.0 Å². The number of rotatable bonds is 5. The Kier molecular flexibility index (Phi) is 10.5. The lowest BCUT2D eigenvalue weighted by atomic mass is 9.83. The second-order valence-electron chi connectivity index (χ2n) is 8.91. The molecule has 4 fully saturated rings. The van der Waals surface area contributed by atoms with Gasteiger partial charge in [-0.2, -0.15) is 0 Å². The maximum absolute atomic E-state index is 10.9. The van der Waals surface area contributed by atoms with E-state index >= 15 is 0 Å². The third-order valence-corrected chi connectivity index (χ3v) is 8.77. The van der Waals surface area contributed by atoms with Gasteiger partial charge >= 0.3 is 5.97 Å². The second kappa shape index (κ2) is 12.9. The van der Waals surface area contributed by atoms with Crippen LogP contribution in [-0.4, -0.2) is 105 Å². The van der Waals surface area contributed by atoms with E-state index in [0.717, 1.165) is 11.7 Å². The monoisotopic (exact) mass is 534 g/mol. The third-order valence-electron chi connectivity index (χ3n) is 6.56. The highest BCUT2D eigenvalue weighted by Crippen LogP contribution is 2.39. The molecular formula is C22H38N4O7S2. The molecule has 4 aliphatic rings. The van der Waals surface area contributed by atoms with Crippen molar-refractivity contribution in [3.63, 3.8) is 0 Å². The molecule has 13 heteroatoms. The fourth-order valence-corrected chi connectivity index (χ4v) is 6.84. The summed E-state index contributed by atoms with van der Waals surface area (Å²) < 4.78 is 16.6. The lowest BCUT2D eigenvalue weighted by Gasteiger charge is -2.40. The first-order valence-electron chi connectivity index (χ1n) is 12.1. The van der Waals surface area contributed by atoms with E-state index in [4.69, 9.17) is 19.3 Å². The first-order valence-corrected chi connectivity index (χ1v) is 13.8. The van der Waals surface area contributed by atoms with Gasteiger partial charge in [0.2, 0.25) is 0 Å². The number of aliphatic imine (C=N–C) groups is 2. The highest BCUT2D eigenvalue weighted by atomic mass is 32.2. The highest BCUT2D eigenvalue weighted by Gasteiger charge is 2.49. The van der Waals surface area contributed by atoms with E-state index in [1.54, 1.807) is 11.8 Å². The van der Waals surface area contributed by atoms with Crippen molar-refractivity contribution in [2.45, 2.75) is 82.0 Å². The van der Waals surface area contributed by atoms with E-state index in [2.05, 4.69) is 34.5 Å². The van der Waals surface area contributed by atoms with Crippen LogP contribution < -0.4 is 10.6 Å². The van der Waals surface area contributed by atoms with Crippen LogP contribution in [0.15, 0.2) is 9.98 Å². The van der Waals surface area contributed by atoms with Crippen LogP contribution in [0.3, 0.4) is 0 Å². The number of aliphatic hydroxyl groups is 3. The molecule has 4 rings (SSSR count). The zero-order chi connectivity index (χ0) is 25.7. The smallest absolute Gasteiger partial charge is 0.302 e. The number of amidine groups is 2. The molecule has 5 N–H and O–H groups in total. The molecule has 0 radical (unpaired) electrons. The molecule has 0 saturated carbocycles. The second-order valence-corrected chi connectivity index (χ2v) is 11.1.